The molecule has 1 unspecified atom stereocenters. The molecular weight excluding hydrogens is 865 g/mol. The predicted molar refractivity (Wildman–Crippen MR) is 302 cm³/mol. The minimum Gasteiger partial charge on any atom is -0.462 e. The lowest BCUT2D eigenvalue weighted by Gasteiger charge is -2.18. The topological polar surface area (TPSA) is 78.9 Å². The summed E-state index contributed by atoms with van der Waals surface area (Å²) in [6, 6.07) is 0. The fourth-order valence-corrected chi connectivity index (χ4v) is 7.36. The number of allylic oxidation sites excluding steroid dienone is 20. The van der Waals surface area contributed by atoms with E-state index in [2.05, 4.69) is 142 Å². The van der Waals surface area contributed by atoms with Crippen molar-refractivity contribution in [2.75, 3.05) is 13.2 Å². The quantitative estimate of drug-likeness (QED) is 0.0199. The Morgan fingerprint density at radius 2 is 0.571 bits per heavy atom. The van der Waals surface area contributed by atoms with Gasteiger partial charge in [0.2, 0.25) is 0 Å². The van der Waals surface area contributed by atoms with E-state index in [1.165, 1.54) is 103 Å². The minimum atomic E-state index is -0.839. The Kier molecular flexibility index (Phi) is 54.0. The molecule has 0 bridgehead atoms. The van der Waals surface area contributed by atoms with Crippen LogP contribution in [0.2, 0.25) is 0 Å². The number of hydrogen-bond donors (Lipinski definition) is 0. The van der Waals surface area contributed by atoms with E-state index in [0.29, 0.717) is 19.3 Å². The molecule has 0 aromatic rings. The molecule has 0 aliphatic rings. The van der Waals surface area contributed by atoms with Crippen LogP contribution in [0.3, 0.4) is 0 Å². The van der Waals surface area contributed by atoms with Gasteiger partial charge in [-0.25, -0.2) is 0 Å². The highest BCUT2D eigenvalue weighted by Gasteiger charge is 2.19. The Balaban J connectivity index is 4.60. The number of unbranched alkanes of at least 4 members (excludes halogenated alkanes) is 20. The molecule has 0 rings (SSSR count). The maximum Gasteiger partial charge on any atom is 0.306 e. The highest BCUT2D eigenvalue weighted by molar-refractivity contribution is 5.71. The van der Waals surface area contributed by atoms with E-state index in [0.717, 1.165) is 89.9 Å². The molecule has 0 heterocycles. The molecule has 6 nitrogen and oxygen atoms in total. The van der Waals surface area contributed by atoms with Crippen molar-refractivity contribution in [3.63, 3.8) is 0 Å². The summed E-state index contributed by atoms with van der Waals surface area (Å²) in [4.78, 5) is 38.1. The van der Waals surface area contributed by atoms with Gasteiger partial charge in [-0.3, -0.25) is 14.4 Å². The summed E-state index contributed by atoms with van der Waals surface area (Å²) in [5.41, 5.74) is 0. The van der Waals surface area contributed by atoms with Crippen LogP contribution in [0.25, 0.3) is 0 Å². The largest absolute Gasteiger partial charge is 0.462 e. The number of rotatable bonds is 50. The number of carbonyl (C=O) groups is 3. The van der Waals surface area contributed by atoms with Gasteiger partial charge < -0.3 is 14.2 Å². The van der Waals surface area contributed by atoms with Crippen LogP contribution in [0.4, 0.5) is 0 Å². The van der Waals surface area contributed by atoms with Crippen LogP contribution in [0.1, 0.15) is 245 Å². The summed E-state index contributed by atoms with van der Waals surface area (Å²) in [6.45, 7) is 6.47. The normalized spacial score (nSPS) is 13.0. The second-order valence-corrected chi connectivity index (χ2v) is 18.5. The van der Waals surface area contributed by atoms with Gasteiger partial charge in [-0.2, -0.15) is 0 Å². The first kappa shape index (κ1) is 65.8. The third-order valence-corrected chi connectivity index (χ3v) is 11.7. The summed E-state index contributed by atoms with van der Waals surface area (Å²) in [5, 5.41) is 0. The van der Waals surface area contributed by atoms with E-state index in [4.69, 9.17) is 14.2 Å². The number of esters is 3. The fraction of sp³-hybridized carbons (Fsp3) is 0.641. The molecule has 70 heavy (non-hydrogen) atoms. The van der Waals surface area contributed by atoms with Crippen molar-refractivity contribution in [2.24, 2.45) is 0 Å². The predicted octanol–water partition coefficient (Wildman–Crippen LogP) is 19.3. The molecule has 0 aromatic carbocycles. The summed E-state index contributed by atoms with van der Waals surface area (Å²) in [5.74, 6) is -1.06. The molecule has 0 aromatic heterocycles. The molecule has 0 aliphatic heterocycles. The Bertz CT molecular complexity index is 1490. The minimum absolute atomic E-state index is 0.128. The molecule has 0 amide bonds. The van der Waals surface area contributed by atoms with E-state index in [9.17, 15) is 14.4 Å². The van der Waals surface area contributed by atoms with Gasteiger partial charge in [-0.15, -0.1) is 0 Å². The van der Waals surface area contributed by atoms with Crippen LogP contribution < -0.4 is 0 Å². The Hall–Kier alpha value is -4.19. The summed E-state index contributed by atoms with van der Waals surface area (Å²) < 4.78 is 16.7. The standard InChI is InChI=1S/C64H104O6/c1-4-7-10-13-16-19-22-25-28-31-34-36-39-42-45-48-51-54-57-63(66)69-60-61(70-64(67)58-55-52-49-46-43-40-37-33-30-27-24-21-18-15-12-9-6-3)59-68-62(65)56-53-50-47-44-41-38-35-32-29-26-23-20-17-14-11-8-5-2/h17-18,20-21,26-31,34-38,40,44,46-47,49,61H,4-16,19,22-25,32-33,39,41-43,45,48,50-60H2,1-3H3/b20-17-,21-18-,29-26-,30-27-,31-28-,36-34-,38-35-,40-37-,47-44-,49-46-. The van der Waals surface area contributed by atoms with Crippen LogP contribution >= 0.6 is 0 Å². The van der Waals surface area contributed by atoms with Crippen molar-refractivity contribution in [1.82, 2.24) is 0 Å². The number of hydrogen-bond acceptors (Lipinski definition) is 6. The van der Waals surface area contributed by atoms with Gasteiger partial charge >= 0.3 is 17.9 Å². The first-order valence-electron chi connectivity index (χ1n) is 28.6. The lowest BCUT2D eigenvalue weighted by atomic mass is 10.1. The summed E-state index contributed by atoms with van der Waals surface area (Å²) >= 11 is 0. The van der Waals surface area contributed by atoms with Gasteiger partial charge in [-0.05, 0) is 122 Å². The van der Waals surface area contributed by atoms with Gasteiger partial charge in [0.25, 0.3) is 0 Å². The Labute approximate surface area is 431 Å². The van der Waals surface area contributed by atoms with Gasteiger partial charge in [0.05, 0.1) is 0 Å². The second kappa shape index (κ2) is 57.4. The summed E-state index contributed by atoms with van der Waals surface area (Å²) in [6.07, 6.45) is 79.1. The SMILES string of the molecule is CCCCC/C=C\C/C=C\C/C=C\C/C=C\CCCC(=O)OCC(COC(=O)CCCCCCC/C=C\C=C/CCCCCCCCC)OC(=O)CCC/C=C\C/C=C\C/C=C\C/C=C\CCCCC. The van der Waals surface area contributed by atoms with Crippen LogP contribution in [-0.4, -0.2) is 37.2 Å². The van der Waals surface area contributed by atoms with E-state index < -0.39 is 6.10 Å². The third-order valence-electron chi connectivity index (χ3n) is 11.7. The lowest BCUT2D eigenvalue weighted by Crippen LogP contribution is -2.30. The maximum atomic E-state index is 12.8. The lowest BCUT2D eigenvalue weighted by molar-refractivity contribution is -0.167. The van der Waals surface area contributed by atoms with Crippen molar-refractivity contribution >= 4 is 17.9 Å². The smallest absolute Gasteiger partial charge is 0.306 e. The van der Waals surface area contributed by atoms with Crippen LogP contribution in [-0.2, 0) is 28.6 Å². The van der Waals surface area contributed by atoms with Gasteiger partial charge in [0.15, 0.2) is 6.10 Å². The van der Waals surface area contributed by atoms with Crippen LogP contribution in [0.15, 0.2) is 122 Å². The molecule has 6 heteroatoms. The van der Waals surface area contributed by atoms with Gasteiger partial charge in [0.1, 0.15) is 13.2 Å². The Morgan fingerprint density at radius 3 is 0.971 bits per heavy atom. The van der Waals surface area contributed by atoms with Crippen molar-refractivity contribution < 1.29 is 28.6 Å². The zero-order chi connectivity index (χ0) is 50.7. The van der Waals surface area contributed by atoms with Crippen molar-refractivity contribution in [3.05, 3.63) is 122 Å². The highest BCUT2D eigenvalue weighted by atomic mass is 16.6. The van der Waals surface area contributed by atoms with Crippen LogP contribution in [0.5, 0.6) is 0 Å². The van der Waals surface area contributed by atoms with Crippen molar-refractivity contribution in [3.8, 4) is 0 Å². The van der Waals surface area contributed by atoms with E-state index in [-0.39, 0.29) is 44.0 Å². The van der Waals surface area contributed by atoms with Crippen LogP contribution in [0, 0.1) is 0 Å². The maximum absolute atomic E-state index is 12.8. The molecule has 0 radical (unpaired) electrons. The molecule has 1 atom stereocenters. The molecule has 396 valence electrons. The Morgan fingerprint density at radius 1 is 0.300 bits per heavy atom. The number of carbonyl (C=O) groups excluding carboxylic acids is 3. The van der Waals surface area contributed by atoms with Gasteiger partial charge in [0, 0.05) is 19.3 Å². The van der Waals surface area contributed by atoms with E-state index in [1.807, 2.05) is 0 Å². The van der Waals surface area contributed by atoms with Crippen molar-refractivity contribution in [2.45, 2.75) is 252 Å². The summed E-state index contributed by atoms with van der Waals surface area (Å²) in [7, 11) is 0. The first-order chi connectivity index (χ1) is 34.5. The molecule has 0 spiro atoms. The van der Waals surface area contributed by atoms with E-state index in [1.54, 1.807) is 0 Å². The fourth-order valence-electron chi connectivity index (χ4n) is 7.36. The van der Waals surface area contributed by atoms with Gasteiger partial charge in [-0.1, -0.05) is 226 Å². The highest BCUT2D eigenvalue weighted by Crippen LogP contribution is 2.12. The molecule has 0 saturated carbocycles. The molecule has 0 N–H and O–H groups in total. The average Bonchev–Trinajstić information content (AvgIpc) is 3.36. The van der Waals surface area contributed by atoms with E-state index >= 15 is 0 Å². The molecule has 0 fully saturated rings. The molecule has 0 saturated heterocycles. The monoisotopic (exact) mass is 969 g/mol. The number of ether oxygens (including phenoxy) is 3. The third kappa shape index (κ3) is 54.7. The zero-order valence-electron chi connectivity index (χ0n) is 45.2. The zero-order valence-corrected chi connectivity index (χ0v) is 45.2. The second-order valence-electron chi connectivity index (χ2n) is 18.5. The van der Waals surface area contributed by atoms with Crippen molar-refractivity contribution in [1.29, 1.82) is 0 Å². The first-order valence-corrected chi connectivity index (χ1v) is 28.6. The molecule has 0 aliphatic carbocycles. The average molecular weight is 970 g/mol. The molecular formula is C64H104O6.